The van der Waals surface area contributed by atoms with Crippen molar-refractivity contribution in [2.45, 2.75) is 72.5 Å². The maximum Gasteiger partial charge on any atom is 0.242 e. The second-order valence-corrected chi connectivity index (χ2v) is 8.73. The Morgan fingerprint density at radius 3 is 2.32 bits per heavy atom. The third-order valence-corrected chi connectivity index (χ3v) is 5.88. The van der Waals surface area contributed by atoms with Gasteiger partial charge in [0.1, 0.15) is 6.04 Å². The van der Waals surface area contributed by atoms with Gasteiger partial charge in [-0.1, -0.05) is 36.7 Å². The van der Waals surface area contributed by atoms with E-state index in [2.05, 4.69) is 5.32 Å². The molecule has 34 heavy (non-hydrogen) atoms. The first-order valence-electron chi connectivity index (χ1n) is 12.0. The highest BCUT2D eigenvalue weighted by molar-refractivity contribution is 6.30. The molecular formula is C27H37ClN2O4. The van der Waals surface area contributed by atoms with E-state index in [0.717, 1.165) is 17.5 Å². The lowest BCUT2D eigenvalue weighted by Gasteiger charge is -2.30. The fraction of sp³-hybridized carbons (Fsp3) is 0.481. The van der Waals surface area contributed by atoms with Crippen molar-refractivity contribution in [1.82, 2.24) is 10.2 Å². The Labute approximate surface area is 208 Å². The lowest BCUT2D eigenvalue weighted by atomic mass is 10.1. The number of carbonyl (C=O) groups is 2. The molecule has 186 valence electrons. The van der Waals surface area contributed by atoms with Gasteiger partial charge in [-0.25, -0.2) is 0 Å². The summed E-state index contributed by atoms with van der Waals surface area (Å²) in [6.45, 7) is 11.0. The van der Waals surface area contributed by atoms with Crippen molar-refractivity contribution in [3.05, 3.63) is 58.6 Å². The number of halogens is 1. The molecule has 0 radical (unpaired) electrons. The summed E-state index contributed by atoms with van der Waals surface area (Å²) in [7, 11) is 0. The molecule has 7 heteroatoms. The van der Waals surface area contributed by atoms with E-state index in [0.29, 0.717) is 42.7 Å². The Kier molecular flexibility index (Phi) is 11.2. The van der Waals surface area contributed by atoms with E-state index >= 15 is 0 Å². The highest BCUT2D eigenvalue weighted by Crippen LogP contribution is 2.29. The zero-order valence-electron chi connectivity index (χ0n) is 20.9. The molecule has 0 saturated heterocycles. The Morgan fingerprint density at radius 2 is 1.68 bits per heavy atom. The molecular weight excluding hydrogens is 452 g/mol. The van der Waals surface area contributed by atoms with E-state index in [4.69, 9.17) is 21.1 Å². The Balaban J connectivity index is 2.18. The first-order valence-corrected chi connectivity index (χ1v) is 12.4. The van der Waals surface area contributed by atoms with Gasteiger partial charge in [-0.2, -0.15) is 0 Å². The number of rotatable bonds is 13. The molecule has 0 aliphatic carbocycles. The largest absolute Gasteiger partial charge is 0.490 e. The molecule has 0 aliphatic rings. The van der Waals surface area contributed by atoms with Crippen LogP contribution in [0.25, 0.3) is 0 Å². The lowest BCUT2D eigenvalue weighted by Crippen LogP contribution is -2.49. The smallest absolute Gasteiger partial charge is 0.242 e. The minimum absolute atomic E-state index is 0.0407. The molecule has 2 atom stereocenters. The van der Waals surface area contributed by atoms with Crippen molar-refractivity contribution in [3.8, 4) is 11.5 Å². The van der Waals surface area contributed by atoms with Gasteiger partial charge in [0, 0.05) is 24.0 Å². The van der Waals surface area contributed by atoms with Gasteiger partial charge in [0.15, 0.2) is 11.5 Å². The molecule has 0 saturated carbocycles. The van der Waals surface area contributed by atoms with Crippen molar-refractivity contribution in [1.29, 1.82) is 0 Å². The average molecular weight is 489 g/mol. The predicted octanol–water partition coefficient (Wildman–Crippen LogP) is 5.40. The van der Waals surface area contributed by atoms with Gasteiger partial charge in [-0.05, 0) is 75.9 Å². The quantitative estimate of drug-likeness (QED) is 0.409. The van der Waals surface area contributed by atoms with Gasteiger partial charge in [-0.15, -0.1) is 0 Å². The summed E-state index contributed by atoms with van der Waals surface area (Å²) >= 11 is 6.15. The van der Waals surface area contributed by atoms with Crippen LogP contribution in [0.1, 0.15) is 58.6 Å². The zero-order chi connectivity index (χ0) is 25.1. The number of ether oxygens (including phenoxy) is 2. The standard InChI is InChI=1S/C27H37ClN2O4/c1-6-19(4)29-27(32)20(5)30(18-22-10-9-11-23(28)16-22)26(31)15-13-21-12-14-24(33-7-2)25(17-21)34-8-3/h9-12,14,16-17,19-20H,6-8,13,15,18H2,1-5H3,(H,29,32)/t19-,20-/m1/s1. The summed E-state index contributed by atoms with van der Waals surface area (Å²) in [5.41, 5.74) is 1.85. The van der Waals surface area contributed by atoms with Crippen LogP contribution in [0.3, 0.4) is 0 Å². The summed E-state index contributed by atoms with van der Waals surface area (Å²) < 4.78 is 11.3. The minimum Gasteiger partial charge on any atom is -0.490 e. The molecule has 6 nitrogen and oxygen atoms in total. The van der Waals surface area contributed by atoms with Gasteiger partial charge >= 0.3 is 0 Å². The van der Waals surface area contributed by atoms with E-state index in [1.54, 1.807) is 17.9 Å². The monoisotopic (exact) mass is 488 g/mol. The molecule has 0 bridgehead atoms. The van der Waals surface area contributed by atoms with E-state index in [1.165, 1.54) is 0 Å². The average Bonchev–Trinajstić information content (AvgIpc) is 2.82. The van der Waals surface area contributed by atoms with Crippen molar-refractivity contribution in [2.75, 3.05) is 13.2 Å². The number of nitrogens with zero attached hydrogens (tertiary/aromatic N) is 1. The molecule has 2 aromatic rings. The van der Waals surface area contributed by atoms with Crippen LogP contribution in [0.4, 0.5) is 0 Å². The molecule has 0 fully saturated rings. The molecule has 2 amide bonds. The van der Waals surface area contributed by atoms with Gasteiger partial charge in [0.25, 0.3) is 0 Å². The molecule has 2 rings (SSSR count). The Morgan fingerprint density at radius 1 is 0.971 bits per heavy atom. The van der Waals surface area contributed by atoms with Crippen LogP contribution in [-0.2, 0) is 22.6 Å². The molecule has 2 aromatic carbocycles. The van der Waals surface area contributed by atoms with Crippen LogP contribution >= 0.6 is 11.6 Å². The van der Waals surface area contributed by atoms with Crippen molar-refractivity contribution >= 4 is 23.4 Å². The highest BCUT2D eigenvalue weighted by Gasteiger charge is 2.26. The predicted molar refractivity (Wildman–Crippen MR) is 136 cm³/mol. The van der Waals surface area contributed by atoms with Crippen LogP contribution < -0.4 is 14.8 Å². The summed E-state index contributed by atoms with van der Waals surface area (Å²) in [5.74, 6) is 1.10. The number of aryl methyl sites for hydroxylation is 1. The first-order chi connectivity index (χ1) is 16.3. The Hall–Kier alpha value is -2.73. The van der Waals surface area contributed by atoms with E-state index in [9.17, 15) is 9.59 Å². The third kappa shape index (κ3) is 8.24. The summed E-state index contributed by atoms with van der Waals surface area (Å²) in [6.07, 6.45) is 1.61. The number of amides is 2. The summed E-state index contributed by atoms with van der Waals surface area (Å²) in [5, 5.41) is 3.58. The number of nitrogens with one attached hydrogen (secondary N) is 1. The lowest BCUT2D eigenvalue weighted by molar-refractivity contribution is -0.140. The minimum atomic E-state index is -0.611. The van der Waals surface area contributed by atoms with E-state index in [1.807, 2.05) is 64.1 Å². The fourth-order valence-corrected chi connectivity index (χ4v) is 3.74. The SMILES string of the molecule is CCOc1ccc(CCC(=O)N(Cc2cccc(Cl)c2)[C@H](C)C(=O)N[C@H](C)CC)cc1OCC. The third-order valence-electron chi connectivity index (χ3n) is 5.65. The van der Waals surface area contributed by atoms with Gasteiger partial charge in [-0.3, -0.25) is 9.59 Å². The number of carbonyl (C=O) groups excluding carboxylic acids is 2. The summed E-state index contributed by atoms with van der Waals surface area (Å²) in [6, 6.07) is 12.5. The molecule has 0 heterocycles. The second kappa shape index (κ2) is 13.9. The van der Waals surface area contributed by atoms with Gasteiger partial charge < -0.3 is 19.7 Å². The maximum absolute atomic E-state index is 13.3. The normalized spacial score (nSPS) is 12.5. The van der Waals surface area contributed by atoms with Crippen molar-refractivity contribution in [2.24, 2.45) is 0 Å². The fourth-order valence-electron chi connectivity index (χ4n) is 3.53. The highest BCUT2D eigenvalue weighted by atomic mass is 35.5. The molecule has 1 N–H and O–H groups in total. The molecule has 0 unspecified atom stereocenters. The van der Waals surface area contributed by atoms with Crippen LogP contribution in [0.2, 0.25) is 5.02 Å². The molecule has 0 spiro atoms. The topological polar surface area (TPSA) is 67.9 Å². The van der Waals surface area contributed by atoms with Crippen LogP contribution in [-0.4, -0.2) is 42.0 Å². The van der Waals surface area contributed by atoms with E-state index < -0.39 is 6.04 Å². The van der Waals surface area contributed by atoms with E-state index in [-0.39, 0.29) is 24.3 Å². The molecule has 0 aromatic heterocycles. The second-order valence-electron chi connectivity index (χ2n) is 8.29. The van der Waals surface area contributed by atoms with Crippen LogP contribution in [0.15, 0.2) is 42.5 Å². The number of hydrogen-bond acceptors (Lipinski definition) is 4. The number of benzene rings is 2. The van der Waals surface area contributed by atoms with Crippen molar-refractivity contribution in [3.63, 3.8) is 0 Å². The van der Waals surface area contributed by atoms with Gasteiger partial charge in [0.05, 0.1) is 13.2 Å². The summed E-state index contributed by atoms with van der Waals surface area (Å²) in [4.78, 5) is 27.8. The zero-order valence-corrected chi connectivity index (χ0v) is 21.7. The first kappa shape index (κ1) is 27.5. The molecule has 0 aliphatic heterocycles. The Bertz CT molecular complexity index is 950. The van der Waals surface area contributed by atoms with Crippen LogP contribution in [0, 0.1) is 0 Å². The number of hydrogen-bond donors (Lipinski definition) is 1. The van der Waals surface area contributed by atoms with Gasteiger partial charge in [0.2, 0.25) is 11.8 Å². The maximum atomic E-state index is 13.3. The van der Waals surface area contributed by atoms with Crippen molar-refractivity contribution < 1.29 is 19.1 Å². The van der Waals surface area contributed by atoms with Crippen LogP contribution in [0.5, 0.6) is 11.5 Å².